The number of rotatable bonds is 14. The van der Waals surface area contributed by atoms with Crippen LogP contribution in [0.4, 0.5) is 0 Å². The fraction of sp³-hybridized carbons (Fsp3) is 0.361. The van der Waals surface area contributed by atoms with Crippen LogP contribution >= 0.6 is 0 Å². The maximum atomic E-state index is 13.8. The van der Waals surface area contributed by atoms with Gasteiger partial charge < -0.3 is 35.4 Å². The van der Waals surface area contributed by atoms with Crippen LogP contribution in [0.1, 0.15) is 41.8 Å². The van der Waals surface area contributed by atoms with E-state index in [1.165, 1.54) is 18.9 Å². The lowest BCUT2D eigenvalue weighted by Gasteiger charge is -2.29. The monoisotopic (exact) mass is 658 g/mol. The zero-order valence-electron chi connectivity index (χ0n) is 27.2. The van der Waals surface area contributed by atoms with Crippen molar-refractivity contribution < 1.29 is 38.6 Å². The van der Waals surface area contributed by atoms with Crippen LogP contribution in [-0.2, 0) is 41.7 Å². The van der Waals surface area contributed by atoms with Gasteiger partial charge in [0.2, 0.25) is 17.7 Å². The van der Waals surface area contributed by atoms with E-state index >= 15 is 0 Å². The normalized spacial score (nSPS) is 18.1. The summed E-state index contributed by atoms with van der Waals surface area (Å²) in [4.78, 5) is 67.7. The molecule has 3 aromatic rings. The van der Waals surface area contributed by atoms with Crippen molar-refractivity contribution in [1.82, 2.24) is 20.9 Å². The number of nitrogens with zero attached hydrogens (tertiary/aromatic N) is 1. The van der Waals surface area contributed by atoms with Gasteiger partial charge in [0.05, 0.1) is 25.9 Å². The highest BCUT2D eigenvalue weighted by molar-refractivity contribution is 5.99. The van der Waals surface area contributed by atoms with Gasteiger partial charge in [0.1, 0.15) is 24.2 Å². The van der Waals surface area contributed by atoms with E-state index in [-0.39, 0.29) is 26.0 Å². The molecule has 0 bridgehead atoms. The third kappa shape index (κ3) is 9.72. The first-order valence-electron chi connectivity index (χ1n) is 15.8. The standard InChI is InChI=1S/C36H42N4O8/c1-23(32(42)38-29(19-25-13-7-4-8-14-25)35(45)40-21-28(41)20-30(40)36(46)47-3)37-34(44)31(39-33(43)27-17-11-6-12-18-27)24(2)48-22-26-15-9-5-10-16-26/h4-18,23-24,28-31,41H,19-22H2,1-3H3,(H,37,44)(H,38,42)(H,39,43)/t23-,24+,28+,29-,30-,31-/m0/s1. The lowest BCUT2D eigenvalue weighted by Crippen LogP contribution is -2.59. The predicted molar refractivity (Wildman–Crippen MR) is 176 cm³/mol. The van der Waals surface area contributed by atoms with Gasteiger partial charge in [-0.3, -0.25) is 19.2 Å². The molecule has 0 spiro atoms. The van der Waals surface area contributed by atoms with Crippen LogP contribution in [0.15, 0.2) is 91.0 Å². The molecule has 0 saturated carbocycles. The second kappa shape index (κ2) is 17.2. The van der Waals surface area contributed by atoms with Crippen molar-refractivity contribution in [3.05, 3.63) is 108 Å². The van der Waals surface area contributed by atoms with E-state index in [0.717, 1.165) is 11.1 Å². The molecule has 12 heteroatoms. The second-order valence-electron chi connectivity index (χ2n) is 11.7. The number of likely N-dealkylation sites (tertiary alicyclic amines) is 1. The van der Waals surface area contributed by atoms with Crippen LogP contribution in [0, 0.1) is 0 Å². The minimum atomic E-state index is -1.18. The summed E-state index contributed by atoms with van der Waals surface area (Å²) in [5, 5.41) is 18.4. The molecule has 48 heavy (non-hydrogen) atoms. The van der Waals surface area contributed by atoms with Crippen LogP contribution in [0.5, 0.6) is 0 Å². The zero-order chi connectivity index (χ0) is 34.6. The first-order chi connectivity index (χ1) is 23.1. The molecule has 0 aliphatic carbocycles. The van der Waals surface area contributed by atoms with Crippen LogP contribution in [0.2, 0.25) is 0 Å². The Balaban J connectivity index is 1.49. The highest BCUT2D eigenvalue weighted by Gasteiger charge is 2.42. The summed E-state index contributed by atoms with van der Waals surface area (Å²) in [6.07, 6.45) is -1.62. The predicted octanol–water partition coefficient (Wildman–Crippen LogP) is 1.76. The molecule has 0 unspecified atom stereocenters. The third-order valence-corrected chi connectivity index (χ3v) is 8.11. The van der Waals surface area contributed by atoms with Gasteiger partial charge in [-0.1, -0.05) is 78.9 Å². The zero-order valence-corrected chi connectivity index (χ0v) is 27.2. The van der Waals surface area contributed by atoms with E-state index in [2.05, 4.69) is 16.0 Å². The van der Waals surface area contributed by atoms with Gasteiger partial charge in [0.15, 0.2) is 0 Å². The average Bonchev–Trinajstić information content (AvgIpc) is 3.51. The largest absolute Gasteiger partial charge is 0.467 e. The van der Waals surface area contributed by atoms with Crippen LogP contribution in [0.25, 0.3) is 0 Å². The molecule has 0 aromatic heterocycles. The Hall–Kier alpha value is -5.07. The number of aliphatic hydroxyl groups excluding tert-OH is 1. The van der Waals surface area contributed by atoms with E-state index in [4.69, 9.17) is 9.47 Å². The van der Waals surface area contributed by atoms with Crippen molar-refractivity contribution in [2.24, 2.45) is 0 Å². The lowest BCUT2D eigenvalue weighted by atomic mass is 10.0. The van der Waals surface area contributed by atoms with Gasteiger partial charge in [-0.2, -0.15) is 0 Å². The maximum Gasteiger partial charge on any atom is 0.328 e. The molecule has 1 saturated heterocycles. The summed E-state index contributed by atoms with van der Waals surface area (Å²) in [6.45, 7) is 3.19. The Bertz CT molecular complexity index is 1540. The molecule has 1 heterocycles. The topological polar surface area (TPSA) is 163 Å². The first kappa shape index (κ1) is 35.8. The molecule has 4 amide bonds. The Kier molecular flexibility index (Phi) is 12.8. The molecule has 12 nitrogen and oxygen atoms in total. The van der Waals surface area contributed by atoms with E-state index in [9.17, 15) is 29.1 Å². The molecule has 1 fully saturated rings. The number of carbonyl (C=O) groups excluding carboxylic acids is 5. The van der Waals surface area contributed by atoms with Gasteiger partial charge in [-0.15, -0.1) is 0 Å². The average molecular weight is 659 g/mol. The number of hydrogen-bond donors (Lipinski definition) is 4. The highest BCUT2D eigenvalue weighted by Crippen LogP contribution is 2.21. The number of ether oxygens (including phenoxy) is 2. The van der Waals surface area contributed by atoms with Crippen LogP contribution in [-0.4, -0.2) is 89.6 Å². The summed E-state index contributed by atoms with van der Waals surface area (Å²) in [5.41, 5.74) is 1.96. The van der Waals surface area contributed by atoms with Gasteiger partial charge >= 0.3 is 5.97 Å². The van der Waals surface area contributed by atoms with Crippen molar-refractivity contribution in [2.75, 3.05) is 13.7 Å². The Labute approximate surface area is 279 Å². The fourth-order valence-electron chi connectivity index (χ4n) is 5.44. The van der Waals surface area contributed by atoms with E-state index in [1.54, 1.807) is 61.5 Å². The molecule has 4 rings (SSSR count). The molecule has 254 valence electrons. The quantitative estimate of drug-likeness (QED) is 0.191. The van der Waals surface area contributed by atoms with Gasteiger partial charge in [0.25, 0.3) is 5.91 Å². The van der Waals surface area contributed by atoms with Crippen LogP contribution < -0.4 is 16.0 Å². The number of carbonyl (C=O) groups is 5. The Morgan fingerprint density at radius 2 is 1.40 bits per heavy atom. The number of nitrogens with one attached hydrogen (secondary N) is 3. The Morgan fingerprint density at radius 3 is 2.00 bits per heavy atom. The number of hydrogen-bond acceptors (Lipinski definition) is 8. The second-order valence-corrected chi connectivity index (χ2v) is 11.7. The summed E-state index contributed by atoms with van der Waals surface area (Å²) in [6, 6.07) is 22.3. The fourth-order valence-corrected chi connectivity index (χ4v) is 5.44. The SMILES string of the molecule is COC(=O)[C@@H]1C[C@@H](O)CN1C(=O)[C@H](Cc1ccccc1)NC(=O)[C@H](C)NC(=O)[C@@H](NC(=O)c1ccccc1)[C@@H](C)OCc1ccccc1. The van der Waals surface area contributed by atoms with Crippen molar-refractivity contribution >= 4 is 29.6 Å². The summed E-state index contributed by atoms with van der Waals surface area (Å²) < 4.78 is 10.8. The van der Waals surface area contributed by atoms with Gasteiger partial charge in [0, 0.05) is 24.9 Å². The van der Waals surface area contributed by atoms with Gasteiger partial charge in [-0.25, -0.2) is 4.79 Å². The van der Waals surface area contributed by atoms with Crippen LogP contribution in [0.3, 0.4) is 0 Å². The summed E-state index contributed by atoms with van der Waals surface area (Å²) in [7, 11) is 1.20. The number of methoxy groups -OCH3 is 1. The third-order valence-electron chi connectivity index (χ3n) is 8.11. The van der Waals surface area contributed by atoms with Gasteiger partial charge in [-0.05, 0) is 37.1 Å². The van der Waals surface area contributed by atoms with E-state index < -0.39 is 66.0 Å². The molecule has 1 aliphatic heterocycles. The lowest BCUT2D eigenvalue weighted by molar-refractivity contribution is -0.152. The smallest absolute Gasteiger partial charge is 0.328 e. The summed E-state index contributed by atoms with van der Waals surface area (Å²) in [5.74, 6) is -3.07. The molecule has 6 atom stereocenters. The Morgan fingerprint density at radius 1 is 0.812 bits per heavy atom. The minimum Gasteiger partial charge on any atom is -0.467 e. The first-order valence-corrected chi connectivity index (χ1v) is 15.8. The number of benzene rings is 3. The minimum absolute atomic E-state index is 0.0114. The molecule has 0 radical (unpaired) electrons. The number of esters is 1. The number of β-amino-alcohol motifs (C(OH)–C–C–N with tert-alkyl or cyclic N) is 1. The number of aliphatic hydroxyl groups is 1. The molecule has 3 aromatic carbocycles. The molecular weight excluding hydrogens is 616 g/mol. The van der Waals surface area contributed by atoms with E-state index in [1.807, 2.05) is 36.4 Å². The summed E-state index contributed by atoms with van der Waals surface area (Å²) >= 11 is 0. The van der Waals surface area contributed by atoms with E-state index in [0.29, 0.717) is 5.56 Å². The molecular formula is C36H42N4O8. The maximum absolute atomic E-state index is 13.8. The van der Waals surface area contributed by atoms with Crippen molar-refractivity contribution in [2.45, 2.75) is 69.7 Å². The van der Waals surface area contributed by atoms with Crippen molar-refractivity contribution in [3.8, 4) is 0 Å². The molecule has 4 N–H and O–H groups in total. The number of amides is 4. The molecule has 1 aliphatic rings. The van der Waals surface area contributed by atoms with Crippen molar-refractivity contribution in [1.29, 1.82) is 0 Å². The van der Waals surface area contributed by atoms with Crippen molar-refractivity contribution in [3.63, 3.8) is 0 Å². The highest BCUT2D eigenvalue weighted by atomic mass is 16.5.